The molecule has 0 saturated carbocycles. The van der Waals surface area contributed by atoms with E-state index in [2.05, 4.69) is 36.4 Å². The minimum absolute atomic E-state index is 0.190. The molecule has 7 nitrogen and oxygen atoms in total. The highest BCUT2D eigenvalue weighted by atomic mass is 16.5. The Kier molecular flexibility index (Phi) is 8.36. The standard InChI is InChI=1S/C31H35N3O4/c1-20(2)25-11-13-27(14-12-25)38-19-24-8-7-9-26(16-24)31(35)32-30-21(3)33-34(22(30)4)18-23-10-15-28(36-5)29(17-23)37-6/h7-17,20H,18-19H2,1-6H3,(H,32,35). The van der Waals surface area contributed by atoms with Gasteiger partial charge in [0.2, 0.25) is 0 Å². The number of anilines is 1. The van der Waals surface area contributed by atoms with Crippen LogP contribution in [-0.2, 0) is 13.2 Å². The Labute approximate surface area is 224 Å². The van der Waals surface area contributed by atoms with Crippen LogP contribution in [0.15, 0.2) is 66.7 Å². The van der Waals surface area contributed by atoms with Crippen LogP contribution in [0.25, 0.3) is 0 Å². The quantitative estimate of drug-likeness (QED) is 0.261. The number of nitrogens with one attached hydrogen (secondary N) is 1. The van der Waals surface area contributed by atoms with Gasteiger partial charge in [0.05, 0.1) is 37.8 Å². The lowest BCUT2D eigenvalue weighted by Gasteiger charge is -2.11. The zero-order valence-electron chi connectivity index (χ0n) is 22.9. The summed E-state index contributed by atoms with van der Waals surface area (Å²) < 4.78 is 18.6. The maximum atomic E-state index is 13.1. The van der Waals surface area contributed by atoms with Gasteiger partial charge in [-0.25, -0.2) is 0 Å². The number of hydrogen-bond donors (Lipinski definition) is 1. The van der Waals surface area contributed by atoms with Gasteiger partial charge in [-0.3, -0.25) is 9.48 Å². The van der Waals surface area contributed by atoms with Crippen molar-refractivity contribution in [2.75, 3.05) is 19.5 Å². The van der Waals surface area contributed by atoms with Gasteiger partial charge in [0, 0.05) is 5.56 Å². The van der Waals surface area contributed by atoms with Crippen LogP contribution in [-0.4, -0.2) is 29.9 Å². The highest BCUT2D eigenvalue weighted by molar-refractivity contribution is 6.05. The van der Waals surface area contributed by atoms with E-state index in [4.69, 9.17) is 14.2 Å². The molecule has 1 aromatic heterocycles. The van der Waals surface area contributed by atoms with E-state index in [9.17, 15) is 4.79 Å². The molecule has 3 aromatic carbocycles. The first-order valence-electron chi connectivity index (χ1n) is 12.7. The summed E-state index contributed by atoms with van der Waals surface area (Å²) in [5.74, 6) is 2.43. The summed E-state index contributed by atoms with van der Waals surface area (Å²) in [4.78, 5) is 13.1. The third kappa shape index (κ3) is 6.17. The SMILES string of the molecule is COc1ccc(Cn2nc(C)c(NC(=O)c3cccc(COc4ccc(C(C)C)cc4)c3)c2C)cc1OC. The number of methoxy groups -OCH3 is 2. The maximum absolute atomic E-state index is 13.1. The van der Waals surface area contributed by atoms with Crippen molar-refractivity contribution >= 4 is 11.6 Å². The predicted octanol–water partition coefficient (Wildman–Crippen LogP) is 6.52. The number of ether oxygens (including phenoxy) is 3. The first kappa shape index (κ1) is 26.8. The first-order chi connectivity index (χ1) is 18.3. The van der Waals surface area contributed by atoms with Crippen molar-refractivity contribution in [3.05, 3.63) is 100 Å². The topological polar surface area (TPSA) is 74.6 Å². The van der Waals surface area contributed by atoms with Crippen molar-refractivity contribution in [2.45, 2.75) is 46.8 Å². The van der Waals surface area contributed by atoms with Gasteiger partial charge in [0.1, 0.15) is 12.4 Å². The molecule has 0 spiro atoms. The summed E-state index contributed by atoms with van der Waals surface area (Å²) >= 11 is 0. The summed E-state index contributed by atoms with van der Waals surface area (Å²) in [5.41, 5.74) is 6.10. The molecule has 4 aromatic rings. The lowest BCUT2D eigenvalue weighted by atomic mass is 10.0. The van der Waals surface area contributed by atoms with E-state index in [0.29, 0.717) is 41.8 Å². The fourth-order valence-corrected chi connectivity index (χ4v) is 4.29. The van der Waals surface area contributed by atoms with E-state index in [0.717, 1.165) is 28.3 Å². The number of carbonyl (C=O) groups excluding carboxylic acids is 1. The number of rotatable bonds is 10. The molecule has 0 atom stereocenters. The summed E-state index contributed by atoms with van der Waals surface area (Å²) in [6.07, 6.45) is 0. The smallest absolute Gasteiger partial charge is 0.255 e. The van der Waals surface area contributed by atoms with E-state index < -0.39 is 0 Å². The average Bonchev–Trinajstić information content (AvgIpc) is 3.19. The lowest BCUT2D eigenvalue weighted by molar-refractivity contribution is 0.102. The Morgan fingerprint density at radius 3 is 2.34 bits per heavy atom. The number of hydrogen-bond acceptors (Lipinski definition) is 5. The van der Waals surface area contributed by atoms with Crippen LogP contribution in [0, 0.1) is 13.8 Å². The second kappa shape index (κ2) is 11.9. The van der Waals surface area contributed by atoms with Crippen LogP contribution >= 0.6 is 0 Å². The van der Waals surface area contributed by atoms with Crippen LogP contribution in [0.1, 0.15) is 58.2 Å². The zero-order valence-corrected chi connectivity index (χ0v) is 22.9. The molecule has 0 aliphatic rings. The second-order valence-corrected chi connectivity index (χ2v) is 9.56. The van der Waals surface area contributed by atoms with Gasteiger partial charge < -0.3 is 19.5 Å². The van der Waals surface area contributed by atoms with Crippen molar-refractivity contribution in [1.29, 1.82) is 0 Å². The number of nitrogens with zero attached hydrogens (tertiary/aromatic N) is 2. The molecule has 198 valence electrons. The highest BCUT2D eigenvalue weighted by Crippen LogP contribution is 2.29. The van der Waals surface area contributed by atoms with Crippen LogP contribution in [0.3, 0.4) is 0 Å². The second-order valence-electron chi connectivity index (χ2n) is 9.56. The predicted molar refractivity (Wildman–Crippen MR) is 150 cm³/mol. The van der Waals surface area contributed by atoms with E-state index in [1.54, 1.807) is 20.3 Å². The van der Waals surface area contributed by atoms with Crippen LogP contribution < -0.4 is 19.5 Å². The Morgan fingerprint density at radius 2 is 1.66 bits per heavy atom. The van der Waals surface area contributed by atoms with E-state index in [1.165, 1.54) is 5.56 Å². The summed E-state index contributed by atoms with van der Waals surface area (Å²) in [7, 11) is 3.23. The van der Waals surface area contributed by atoms with Gasteiger partial charge in [-0.1, -0.05) is 44.2 Å². The van der Waals surface area contributed by atoms with E-state index in [-0.39, 0.29) is 5.91 Å². The molecule has 0 aliphatic carbocycles. The zero-order chi connectivity index (χ0) is 27.2. The molecule has 0 bridgehead atoms. The number of aryl methyl sites for hydroxylation is 1. The normalized spacial score (nSPS) is 10.9. The summed E-state index contributed by atoms with van der Waals surface area (Å²) in [6.45, 7) is 9.09. The van der Waals surface area contributed by atoms with Crippen LogP contribution in [0.2, 0.25) is 0 Å². The van der Waals surface area contributed by atoms with Gasteiger partial charge in [-0.05, 0) is 72.9 Å². The minimum atomic E-state index is -0.190. The molecule has 0 aliphatic heterocycles. The molecule has 1 N–H and O–H groups in total. The van der Waals surface area contributed by atoms with Gasteiger partial charge in [-0.2, -0.15) is 5.10 Å². The van der Waals surface area contributed by atoms with Crippen molar-refractivity contribution in [1.82, 2.24) is 9.78 Å². The molecule has 7 heteroatoms. The van der Waals surface area contributed by atoms with Crippen molar-refractivity contribution in [2.24, 2.45) is 0 Å². The Bertz CT molecular complexity index is 1410. The van der Waals surface area contributed by atoms with Crippen molar-refractivity contribution in [3.8, 4) is 17.2 Å². The monoisotopic (exact) mass is 513 g/mol. The lowest BCUT2D eigenvalue weighted by Crippen LogP contribution is -2.14. The van der Waals surface area contributed by atoms with Crippen molar-refractivity contribution < 1.29 is 19.0 Å². The molecule has 0 unspecified atom stereocenters. The molecule has 38 heavy (non-hydrogen) atoms. The van der Waals surface area contributed by atoms with Crippen LogP contribution in [0.4, 0.5) is 5.69 Å². The average molecular weight is 514 g/mol. The number of aromatic nitrogens is 2. The largest absolute Gasteiger partial charge is 0.493 e. The molecule has 0 saturated heterocycles. The molecule has 0 fully saturated rings. The van der Waals surface area contributed by atoms with Gasteiger partial charge in [0.15, 0.2) is 11.5 Å². The molecular formula is C31H35N3O4. The number of benzene rings is 3. The molecule has 1 heterocycles. The molecule has 0 radical (unpaired) electrons. The van der Waals surface area contributed by atoms with E-state index in [1.807, 2.05) is 67.1 Å². The fourth-order valence-electron chi connectivity index (χ4n) is 4.29. The Morgan fingerprint density at radius 1 is 0.921 bits per heavy atom. The van der Waals surface area contributed by atoms with Gasteiger partial charge in [0.25, 0.3) is 5.91 Å². The van der Waals surface area contributed by atoms with Crippen LogP contribution in [0.5, 0.6) is 17.2 Å². The molecule has 4 rings (SSSR count). The Hall–Kier alpha value is -4.26. The summed E-state index contributed by atoms with van der Waals surface area (Å²) in [6, 6.07) is 21.4. The molecular weight excluding hydrogens is 478 g/mol. The fraction of sp³-hybridized carbons (Fsp3) is 0.290. The van der Waals surface area contributed by atoms with Gasteiger partial charge in [-0.15, -0.1) is 0 Å². The van der Waals surface area contributed by atoms with Crippen molar-refractivity contribution in [3.63, 3.8) is 0 Å². The van der Waals surface area contributed by atoms with Gasteiger partial charge >= 0.3 is 0 Å². The third-order valence-electron chi connectivity index (χ3n) is 6.54. The first-order valence-corrected chi connectivity index (χ1v) is 12.7. The maximum Gasteiger partial charge on any atom is 0.255 e. The Balaban J connectivity index is 1.43. The highest BCUT2D eigenvalue weighted by Gasteiger charge is 2.16. The van der Waals surface area contributed by atoms with E-state index >= 15 is 0 Å². The molecule has 1 amide bonds. The number of amides is 1. The third-order valence-corrected chi connectivity index (χ3v) is 6.54. The number of carbonyl (C=O) groups is 1. The minimum Gasteiger partial charge on any atom is -0.493 e. The summed E-state index contributed by atoms with van der Waals surface area (Å²) in [5, 5.41) is 7.71.